The maximum absolute atomic E-state index is 3.86. The molecule has 0 saturated heterocycles. The first-order valence-corrected chi connectivity index (χ1v) is 5.46. The topological polar surface area (TPSA) is 0 Å². The van der Waals surface area contributed by atoms with Crippen LogP contribution in [0.5, 0.6) is 0 Å². The minimum Gasteiger partial charge on any atom is -0.0985 e. The highest BCUT2D eigenvalue weighted by Crippen LogP contribution is 2.22. The molecule has 0 unspecified atom stereocenters. The quantitative estimate of drug-likeness (QED) is 0.615. The van der Waals surface area contributed by atoms with Crippen LogP contribution < -0.4 is 0 Å². The number of hydrogen-bond donors (Lipinski definition) is 0. The summed E-state index contributed by atoms with van der Waals surface area (Å²) in [6.07, 6.45) is 1.93. The Balaban J connectivity index is 3.08. The third-order valence-electron chi connectivity index (χ3n) is 2.63. The molecule has 15 heavy (non-hydrogen) atoms. The van der Waals surface area contributed by atoms with E-state index in [0.29, 0.717) is 5.92 Å². The fourth-order valence-electron chi connectivity index (χ4n) is 1.66. The standard InChI is InChI=1S/C15H20/c1-6-15(12(4)5)14-9-7-13(8-10-14)11(2)3/h6-11H,1H2,2-5H3. The molecule has 0 nitrogen and oxygen atoms in total. The number of hydrogen-bond acceptors (Lipinski definition) is 0. The van der Waals surface area contributed by atoms with Crippen LogP contribution in [-0.4, -0.2) is 0 Å². The van der Waals surface area contributed by atoms with Crippen LogP contribution in [0.2, 0.25) is 0 Å². The van der Waals surface area contributed by atoms with Crippen LogP contribution >= 0.6 is 0 Å². The predicted octanol–water partition coefficient (Wildman–Crippen LogP) is 4.79. The van der Waals surface area contributed by atoms with Gasteiger partial charge in [0.2, 0.25) is 0 Å². The molecule has 0 saturated carbocycles. The van der Waals surface area contributed by atoms with Crippen molar-refractivity contribution in [3.63, 3.8) is 0 Å². The number of rotatable bonds is 3. The molecular weight excluding hydrogens is 180 g/mol. The molecule has 0 N–H and O–H groups in total. The summed E-state index contributed by atoms with van der Waals surface area (Å²) in [5, 5.41) is 0. The lowest BCUT2D eigenvalue weighted by Crippen LogP contribution is -1.89. The average molecular weight is 200 g/mol. The molecule has 0 bridgehead atoms. The molecule has 0 aliphatic heterocycles. The Morgan fingerprint density at radius 2 is 1.67 bits per heavy atom. The highest BCUT2D eigenvalue weighted by Gasteiger charge is 2.01. The van der Waals surface area contributed by atoms with E-state index >= 15 is 0 Å². The summed E-state index contributed by atoms with van der Waals surface area (Å²) in [4.78, 5) is 0. The zero-order valence-corrected chi connectivity index (χ0v) is 10.2. The molecule has 0 aliphatic carbocycles. The first-order valence-electron chi connectivity index (χ1n) is 5.46. The van der Waals surface area contributed by atoms with Gasteiger partial charge < -0.3 is 0 Å². The molecule has 1 rings (SSSR count). The Hall–Kier alpha value is -1.30. The first-order chi connectivity index (χ1) is 7.06. The van der Waals surface area contributed by atoms with E-state index in [1.54, 1.807) is 0 Å². The molecular formula is C15H20. The molecule has 0 atom stereocenters. The van der Waals surface area contributed by atoms with E-state index in [1.165, 1.54) is 22.3 Å². The smallest absolute Gasteiger partial charge is 0.0185 e. The van der Waals surface area contributed by atoms with Gasteiger partial charge >= 0.3 is 0 Å². The van der Waals surface area contributed by atoms with Gasteiger partial charge in [0, 0.05) is 0 Å². The van der Waals surface area contributed by atoms with Crippen LogP contribution in [0, 0.1) is 0 Å². The zero-order chi connectivity index (χ0) is 11.4. The highest BCUT2D eigenvalue weighted by molar-refractivity contribution is 5.75. The van der Waals surface area contributed by atoms with Crippen LogP contribution in [-0.2, 0) is 0 Å². The molecule has 0 fully saturated rings. The van der Waals surface area contributed by atoms with Gasteiger partial charge in [-0.3, -0.25) is 0 Å². The minimum atomic E-state index is 0.595. The third-order valence-corrected chi connectivity index (χ3v) is 2.63. The van der Waals surface area contributed by atoms with Gasteiger partial charge in [0.1, 0.15) is 0 Å². The number of allylic oxidation sites excluding steroid dienone is 3. The van der Waals surface area contributed by atoms with E-state index in [9.17, 15) is 0 Å². The van der Waals surface area contributed by atoms with Crippen LogP contribution in [0.4, 0.5) is 0 Å². The second-order valence-electron chi connectivity index (χ2n) is 4.39. The second-order valence-corrected chi connectivity index (χ2v) is 4.39. The Morgan fingerprint density at radius 3 is 2.00 bits per heavy atom. The number of benzene rings is 1. The molecule has 1 aromatic carbocycles. The van der Waals surface area contributed by atoms with Gasteiger partial charge in [-0.05, 0) is 36.5 Å². The lowest BCUT2D eigenvalue weighted by atomic mass is 9.97. The van der Waals surface area contributed by atoms with Crippen LogP contribution in [0.25, 0.3) is 5.57 Å². The van der Waals surface area contributed by atoms with E-state index in [2.05, 4.69) is 58.5 Å². The van der Waals surface area contributed by atoms with Gasteiger partial charge in [-0.1, -0.05) is 56.3 Å². The summed E-state index contributed by atoms with van der Waals surface area (Å²) in [6.45, 7) is 12.5. The summed E-state index contributed by atoms with van der Waals surface area (Å²) in [5.74, 6) is 0.595. The zero-order valence-electron chi connectivity index (χ0n) is 10.2. The van der Waals surface area contributed by atoms with Crippen LogP contribution in [0.1, 0.15) is 44.7 Å². The third kappa shape index (κ3) is 2.82. The van der Waals surface area contributed by atoms with E-state index < -0.39 is 0 Å². The van der Waals surface area contributed by atoms with Crippen LogP contribution in [0.15, 0.2) is 42.5 Å². The largest absolute Gasteiger partial charge is 0.0985 e. The van der Waals surface area contributed by atoms with Crippen molar-refractivity contribution in [3.8, 4) is 0 Å². The van der Waals surface area contributed by atoms with Gasteiger partial charge in [0.05, 0.1) is 0 Å². The van der Waals surface area contributed by atoms with Crippen molar-refractivity contribution >= 4 is 5.57 Å². The van der Waals surface area contributed by atoms with Crippen molar-refractivity contribution in [2.75, 3.05) is 0 Å². The maximum Gasteiger partial charge on any atom is -0.0185 e. The monoisotopic (exact) mass is 200 g/mol. The fourth-order valence-corrected chi connectivity index (χ4v) is 1.66. The van der Waals surface area contributed by atoms with E-state index in [4.69, 9.17) is 0 Å². The summed E-state index contributed by atoms with van der Waals surface area (Å²) in [7, 11) is 0. The Labute approximate surface area is 93.3 Å². The first kappa shape index (κ1) is 11.8. The Bertz CT molecular complexity index is 360. The lowest BCUT2D eigenvalue weighted by Gasteiger charge is -2.08. The summed E-state index contributed by atoms with van der Waals surface area (Å²) < 4.78 is 0. The Kier molecular flexibility index (Phi) is 3.90. The van der Waals surface area contributed by atoms with Gasteiger partial charge in [-0.2, -0.15) is 0 Å². The molecule has 0 aliphatic rings. The summed E-state index contributed by atoms with van der Waals surface area (Å²) in [5.41, 5.74) is 5.19. The van der Waals surface area contributed by atoms with E-state index in [-0.39, 0.29) is 0 Å². The average Bonchev–Trinajstić information content (AvgIpc) is 2.19. The van der Waals surface area contributed by atoms with Crippen molar-refractivity contribution in [1.29, 1.82) is 0 Å². The molecule has 80 valence electrons. The normalized spacial score (nSPS) is 10.2. The summed E-state index contributed by atoms with van der Waals surface area (Å²) in [6, 6.07) is 8.76. The maximum atomic E-state index is 3.86. The molecule has 1 aromatic rings. The fraction of sp³-hybridized carbons (Fsp3) is 0.333. The summed E-state index contributed by atoms with van der Waals surface area (Å²) >= 11 is 0. The van der Waals surface area contributed by atoms with Crippen molar-refractivity contribution in [3.05, 3.63) is 53.6 Å². The predicted molar refractivity (Wildman–Crippen MR) is 69.0 cm³/mol. The molecule has 0 spiro atoms. The molecule has 0 radical (unpaired) electrons. The van der Waals surface area contributed by atoms with Crippen molar-refractivity contribution < 1.29 is 0 Å². The van der Waals surface area contributed by atoms with E-state index in [0.717, 1.165) is 0 Å². The van der Waals surface area contributed by atoms with Gasteiger partial charge in [0.15, 0.2) is 0 Å². The van der Waals surface area contributed by atoms with Gasteiger partial charge in [0.25, 0.3) is 0 Å². The minimum absolute atomic E-state index is 0.595. The van der Waals surface area contributed by atoms with Gasteiger partial charge in [-0.25, -0.2) is 0 Å². The van der Waals surface area contributed by atoms with Crippen molar-refractivity contribution in [2.24, 2.45) is 0 Å². The highest BCUT2D eigenvalue weighted by atomic mass is 14.1. The molecule has 0 heteroatoms. The SMILES string of the molecule is C=CC(=C(C)C)c1ccc(C(C)C)cc1. The van der Waals surface area contributed by atoms with Gasteiger partial charge in [-0.15, -0.1) is 0 Å². The van der Waals surface area contributed by atoms with Crippen molar-refractivity contribution in [2.45, 2.75) is 33.6 Å². The molecule has 0 heterocycles. The molecule has 0 amide bonds. The lowest BCUT2D eigenvalue weighted by molar-refractivity contribution is 0.866. The Morgan fingerprint density at radius 1 is 1.13 bits per heavy atom. The van der Waals surface area contributed by atoms with E-state index in [1.807, 2.05) is 6.08 Å². The molecule has 0 aromatic heterocycles. The van der Waals surface area contributed by atoms with Crippen LogP contribution in [0.3, 0.4) is 0 Å². The second kappa shape index (κ2) is 4.97. The van der Waals surface area contributed by atoms with Crippen molar-refractivity contribution in [1.82, 2.24) is 0 Å².